The molecule has 18 heavy (non-hydrogen) atoms. The van der Waals surface area contributed by atoms with E-state index >= 15 is 0 Å². The number of phenols is 1. The van der Waals surface area contributed by atoms with Gasteiger partial charge in [0.05, 0.1) is 0 Å². The van der Waals surface area contributed by atoms with Crippen LogP contribution in [0, 0.1) is 5.82 Å². The number of phenolic OH excluding ortho intramolecular Hbond substituents is 1. The highest BCUT2D eigenvalue weighted by atomic mass is 19.1. The van der Waals surface area contributed by atoms with E-state index in [9.17, 15) is 9.50 Å². The third kappa shape index (κ3) is 3.00. The molecule has 2 N–H and O–H groups in total. The summed E-state index contributed by atoms with van der Waals surface area (Å²) in [5, 5.41) is 11.9. The summed E-state index contributed by atoms with van der Waals surface area (Å²) in [6, 6.07) is 5.00. The van der Waals surface area contributed by atoms with Crippen molar-refractivity contribution in [3.05, 3.63) is 29.6 Å². The number of nitrogens with zero attached hydrogens (tertiary/aromatic N) is 1. The van der Waals surface area contributed by atoms with Crippen molar-refractivity contribution in [2.75, 3.05) is 0 Å². The zero-order valence-corrected chi connectivity index (χ0v) is 11.0. The molecule has 0 amide bonds. The molecule has 2 unspecified atom stereocenters. The molecule has 4 heteroatoms. The average Bonchev–Trinajstić information content (AvgIpc) is 2.33. The first-order valence-corrected chi connectivity index (χ1v) is 6.57. The second kappa shape index (κ2) is 5.67. The van der Waals surface area contributed by atoms with Crippen LogP contribution in [0.1, 0.15) is 38.7 Å². The monoisotopic (exact) mass is 252 g/mol. The van der Waals surface area contributed by atoms with Gasteiger partial charge in [-0.05, 0) is 44.9 Å². The Balaban J connectivity index is 1.99. The highest BCUT2D eigenvalue weighted by molar-refractivity contribution is 5.32. The van der Waals surface area contributed by atoms with Crippen molar-refractivity contribution in [1.82, 2.24) is 10.4 Å². The Hall–Kier alpha value is -1.13. The summed E-state index contributed by atoms with van der Waals surface area (Å²) in [6.45, 7) is 4.83. The van der Waals surface area contributed by atoms with E-state index in [1.165, 1.54) is 37.5 Å². The van der Waals surface area contributed by atoms with Gasteiger partial charge in [-0.1, -0.05) is 6.42 Å². The molecule has 1 aromatic rings. The van der Waals surface area contributed by atoms with Crippen molar-refractivity contribution in [3.8, 4) is 5.75 Å². The van der Waals surface area contributed by atoms with Gasteiger partial charge in [-0.2, -0.15) is 0 Å². The lowest BCUT2D eigenvalue weighted by Gasteiger charge is -2.39. The number of halogens is 1. The number of hydrazine groups is 1. The SMILES string of the molecule is CC1CCCC(C)N1NCc1cc(F)ccc1O. The second-order valence-electron chi connectivity index (χ2n) is 5.14. The van der Waals surface area contributed by atoms with Crippen LogP contribution in [0.4, 0.5) is 4.39 Å². The van der Waals surface area contributed by atoms with E-state index in [2.05, 4.69) is 24.3 Å². The molecule has 0 radical (unpaired) electrons. The van der Waals surface area contributed by atoms with Crippen molar-refractivity contribution in [1.29, 1.82) is 0 Å². The molecule has 1 aliphatic heterocycles. The predicted molar refractivity (Wildman–Crippen MR) is 69.5 cm³/mol. The smallest absolute Gasteiger partial charge is 0.123 e. The zero-order chi connectivity index (χ0) is 13.1. The molecule has 0 spiro atoms. The molecular formula is C14H21FN2O. The first-order chi connectivity index (χ1) is 8.58. The number of rotatable bonds is 3. The van der Waals surface area contributed by atoms with E-state index in [1.807, 2.05) is 0 Å². The van der Waals surface area contributed by atoms with Gasteiger partial charge in [-0.25, -0.2) is 9.40 Å². The van der Waals surface area contributed by atoms with Crippen molar-refractivity contribution in [2.45, 2.75) is 51.7 Å². The number of hydrogen-bond donors (Lipinski definition) is 2. The van der Waals surface area contributed by atoms with Crippen molar-refractivity contribution in [2.24, 2.45) is 0 Å². The number of nitrogens with one attached hydrogen (secondary N) is 1. The van der Waals surface area contributed by atoms with Crippen molar-refractivity contribution >= 4 is 0 Å². The van der Waals surface area contributed by atoms with Crippen LogP contribution in [0.25, 0.3) is 0 Å². The minimum absolute atomic E-state index is 0.140. The van der Waals surface area contributed by atoms with Gasteiger partial charge in [0, 0.05) is 24.2 Å². The fraction of sp³-hybridized carbons (Fsp3) is 0.571. The van der Waals surface area contributed by atoms with Gasteiger partial charge >= 0.3 is 0 Å². The molecule has 0 saturated carbocycles. The number of hydrogen-bond acceptors (Lipinski definition) is 3. The van der Waals surface area contributed by atoms with Crippen molar-refractivity contribution in [3.63, 3.8) is 0 Å². The van der Waals surface area contributed by atoms with Gasteiger partial charge in [-0.15, -0.1) is 0 Å². The quantitative estimate of drug-likeness (QED) is 0.868. The maximum absolute atomic E-state index is 13.1. The fourth-order valence-corrected chi connectivity index (χ4v) is 2.61. The lowest BCUT2D eigenvalue weighted by atomic mass is 10.00. The van der Waals surface area contributed by atoms with Gasteiger partial charge in [0.25, 0.3) is 0 Å². The van der Waals surface area contributed by atoms with Crippen LogP contribution >= 0.6 is 0 Å². The topological polar surface area (TPSA) is 35.5 Å². The maximum Gasteiger partial charge on any atom is 0.123 e. The predicted octanol–water partition coefficient (Wildman–Crippen LogP) is 2.80. The highest BCUT2D eigenvalue weighted by Gasteiger charge is 2.24. The fourth-order valence-electron chi connectivity index (χ4n) is 2.61. The molecule has 1 heterocycles. The summed E-state index contributed by atoms with van der Waals surface area (Å²) in [5.74, 6) is -0.175. The van der Waals surface area contributed by atoms with Gasteiger partial charge in [-0.3, -0.25) is 5.43 Å². The molecule has 1 aromatic carbocycles. The van der Waals surface area contributed by atoms with Gasteiger partial charge in [0.1, 0.15) is 11.6 Å². The standard InChI is InChI=1S/C14H21FN2O/c1-10-4-3-5-11(2)17(10)16-9-12-8-13(15)6-7-14(12)18/h6-8,10-11,16,18H,3-5,9H2,1-2H3. The number of piperidine rings is 1. The van der Waals surface area contributed by atoms with Crippen LogP contribution in [0.3, 0.4) is 0 Å². The molecule has 3 nitrogen and oxygen atoms in total. The molecule has 2 atom stereocenters. The molecule has 1 aliphatic rings. The van der Waals surface area contributed by atoms with Gasteiger partial charge in [0.15, 0.2) is 0 Å². The van der Waals surface area contributed by atoms with Crippen LogP contribution in [-0.4, -0.2) is 22.2 Å². The molecule has 2 rings (SSSR count). The van der Waals surface area contributed by atoms with Crippen LogP contribution < -0.4 is 5.43 Å². The lowest BCUT2D eigenvalue weighted by Crippen LogP contribution is -2.51. The molecule has 1 saturated heterocycles. The van der Waals surface area contributed by atoms with Crippen LogP contribution in [0.2, 0.25) is 0 Å². The Labute approximate surface area is 108 Å². The Morgan fingerprint density at radius 3 is 2.67 bits per heavy atom. The lowest BCUT2D eigenvalue weighted by molar-refractivity contribution is 0.0433. The van der Waals surface area contributed by atoms with Crippen LogP contribution in [-0.2, 0) is 6.54 Å². The average molecular weight is 252 g/mol. The summed E-state index contributed by atoms with van der Waals surface area (Å²) < 4.78 is 13.1. The molecule has 0 aromatic heterocycles. The molecule has 1 fully saturated rings. The molecule has 0 aliphatic carbocycles. The normalized spacial score (nSPS) is 25.3. The van der Waals surface area contributed by atoms with Crippen molar-refractivity contribution < 1.29 is 9.50 Å². The Bertz CT molecular complexity index is 401. The first-order valence-electron chi connectivity index (χ1n) is 6.57. The first kappa shape index (κ1) is 13.3. The zero-order valence-electron chi connectivity index (χ0n) is 11.0. The van der Waals surface area contributed by atoms with E-state index in [0.717, 1.165) is 0 Å². The minimum Gasteiger partial charge on any atom is -0.508 e. The van der Waals surface area contributed by atoms with E-state index in [0.29, 0.717) is 24.2 Å². The molecular weight excluding hydrogens is 231 g/mol. The second-order valence-corrected chi connectivity index (χ2v) is 5.14. The number of benzene rings is 1. The Morgan fingerprint density at radius 2 is 2.00 bits per heavy atom. The third-order valence-electron chi connectivity index (χ3n) is 3.69. The van der Waals surface area contributed by atoms with Crippen LogP contribution in [0.15, 0.2) is 18.2 Å². The third-order valence-corrected chi connectivity index (χ3v) is 3.69. The highest BCUT2D eigenvalue weighted by Crippen LogP contribution is 2.22. The summed E-state index contributed by atoms with van der Waals surface area (Å²) in [4.78, 5) is 0. The van der Waals surface area contributed by atoms with Gasteiger partial charge < -0.3 is 5.11 Å². The minimum atomic E-state index is -0.315. The van der Waals surface area contributed by atoms with Crippen LogP contribution in [0.5, 0.6) is 5.75 Å². The van der Waals surface area contributed by atoms with Gasteiger partial charge in [0.2, 0.25) is 0 Å². The summed E-state index contributed by atoms with van der Waals surface area (Å²) in [5.41, 5.74) is 3.91. The Kier molecular flexibility index (Phi) is 4.19. The largest absolute Gasteiger partial charge is 0.508 e. The van der Waals surface area contributed by atoms with E-state index in [-0.39, 0.29) is 11.6 Å². The van der Waals surface area contributed by atoms with E-state index in [1.54, 1.807) is 0 Å². The summed E-state index contributed by atoms with van der Waals surface area (Å²) in [7, 11) is 0. The van der Waals surface area contributed by atoms with E-state index in [4.69, 9.17) is 0 Å². The summed E-state index contributed by atoms with van der Waals surface area (Å²) >= 11 is 0. The Morgan fingerprint density at radius 1 is 1.33 bits per heavy atom. The van der Waals surface area contributed by atoms with E-state index < -0.39 is 0 Å². The molecule has 100 valence electrons. The maximum atomic E-state index is 13.1. The molecule has 0 bridgehead atoms. The summed E-state index contributed by atoms with van der Waals surface area (Å²) in [6.07, 6.45) is 3.60. The number of aromatic hydroxyl groups is 1.